The summed E-state index contributed by atoms with van der Waals surface area (Å²) >= 11 is 0. The number of nitrogens with one attached hydrogen (secondary N) is 1. The maximum atomic E-state index is 12.4. The van der Waals surface area contributed by atoms with Crippen LogP contribution in [0.15, 0.2) is 78.0 Å². The Kier molecular flexibility index (Phi) is 7.86. The summed E-state index contributed by atoms with van der Waals surface area (Å²) in [6.07, 6.45) is 0. The van der Waals surface area contributed by atoms with Crippen molar-refractivity contribution in [1.29, 1.82) is 0 Å². The first-order valence-electron chi connectivity index (χ1n) is 10.6. The normalized spacial score (nSPS) is 11.3. The number of nitrogens with zero attached hydrogens (tertiary/aromatic N) is 1. The van der Waals surface area contributed by atoms with Gasteiger partial charge in [-0.1, -0.05) is 79.7 Å². The monoisotopic (exact) mass is 431 g/mol. The maximum absolute atomic E-state index is 12.4. The number of anilines is 1. The summed E-state index contributed by atoms with van der Waals surface area (Å²) in [5.74, 6) is 0.714. The molecule has 3 aromatic rings. The van der Waals surface area contributed by atoms with Crippen molar-refractivity contribution >= 4 is 17.4 Å². The molecular weight excluding hydrogens is 402 g/mol. The van der Waals surface area contributed by atoms with Crippen LogP contribution in [0.2, 0.25) is 0 Å². The van der Waals surface area contributed by atoms with E-state index in [9.17, 15) is 4.79 Å². The van der Waals surface area contributed by atoms with E-state index in [2.05, 4.69) is 24.3 Å². The summed E-state index contributed by atoms with van der Waals surface area (Å²) < 4.78 is 5.90. The van der Waals surface area contributed by atoms with Crippen LogP contribution in [0.25, 0.3) is 0 Å². The molecule has 0 aliphatic rings. The van der Waals surface area contributed by atoms with Crippen molar-refractivity contribution < 1.29 is 14.4 Å². The van der Waals surface area contributed by atoms with Gasteiger partial charge in [-0.05, 0) is 41.7 Å². The first-order valence-corrected chi connectivity index (χ1v) is 10.6. The summed E-state index contributed by atoms with van der Waals surface area (Å²) in [4.78, 5) is 17.7. The summed E-state index contributed by atoms with van der Waals surface area (Å²) in [6, 6.07) is 23.1. The van der Waals surface area contributed by atoms with Crippen molar-refractivity contribution in [3.8, 4) is 5.75 Å². The van der Waals surface area contributed by atoms with Gasteiger partial charge in [0.15, 0.2) is 12.4 Å². The number of ether oxygens (including phenoxy) is 1. The van der Waals surface area contributed by atoms with E-state index < -0.39 is 0 Å². The maximum Gasteiger partial charge on any atom is 0.265 e. The molecule has 0 saturated heterocycles. The molecule has 0 unspecified atom stereocenters. The minimum absolute atomic E-state index is 0.139. The topological polar surface area (TPSA) is 85.9 Å². The number of amidine groups is 1. The number of carbonyl (C=O) groups excluding carboxylic acids is 1. The first kappa shape index (κ1) is 22.9. The zero-order valence-electron chi connectivity index (χ0n) is 18.7. The molecular formula is C26H29N3O3. The number of aryl methyl sites for hydroxylation is 1. The molecule has 0 bridgehead atoms. The lowest BCUT2D eigenvalue weighted by molar-refractivity contribution is -0.120. The van der Waals surface area contributed by atoms with Gasteiger partial charge < -0.3 is 20.6 Å². The van der Waals surface area contributed by atoms with Crippen LogP contribution in [0, 0.1) is 6.92 Å². The molecule has 32 heavy (non-hydrogen) atoms. The molecule has 6 nitrogen and oxygen atoms in total. The van der Waals surface area contributed by atoms with Gasteiger partial charge in [0.05, 0.1) is 5.56 Å². The highest BCUT2D eigenvalue weighted by Gasteiger charge is 2.13. The molecule has 0 heterocycles. The number of hydrogen-bond donors (Lipinski definition) is 2. The number of hydrogen-bond acceptors (Lipinski definition) is 4. The van der Waals surface area contributed by atoms with E-state index in [1.165, 1.54) is 0 Å². The number of benzene rings is 3. The van der Waals surface area contributed by atoms with E-state index >= 15 is 0 Å². The van der Waals surface area contributed by atoms with E-state index in [4.69, 9.17) is 15.3 Å². The molecule has 1 amide bonds. The Balaban J connectivity index is 1.61. The van der Waals surface area contributed by atoms with Crippen LogP contribution >= 0.6 is 0 Å². The van der Waals surface area contributed by atoms with Crippen LogP contribution in [0.5, 0.6) is 5.75 Å². The van der Waals surface area contributed by atoms with Gasteiger partial charge in [0.1, 0.15) is 12.4 Å². The zero-order chi connectivity index (χ0) is 22.9. The Bertz CT molecular complexity index is 1080. The predicted octanol–water partition coefficient (Wildman–Crippen LogP) is 4.97. The summed E-state index contributed by atoms with van der Waals surface area (Å²) in [5.41, 5.74) is 10.6. The second kappa shape index (κ2) is 11.0. The van der Waals surface area contributed by atoms with Crippen LogP contribution in [0.1, 0.15) is 42.0 Å². The van der Waals surface area contributed by atoms with Gasteiger partial charge in [-0.15, -0.1) is 0 Å². The molecule has 3 aromatic carbocycles. The number of rotatable bonds is 9. The van der Waals surface area contributed by atoms with Crippen LogP contribution in [-0.2, 0) is 16.2 Å². The van der Waals surface area contributed by atoms with E-state index in [0.717, 1.165) is 22.4 Å². The summed E-state index contributed by atoms with van der Waals surface area (Å²) in [6.45, 7) is 6.29. The Morgan fingerprint density at radius 1 is 1.00 bits per heavy atom. The number of amides is 1. The molecule has 0 aromatic heterocycles. The van der Waals surface area contributed by atoms with Gasteiger partial charge >= 0.3 is 0 Å². The Morgan fingerprint density at radius 3 is 2.47 bits per heavy atom. The zero-order valence-corrected chi connectivity index (χ0v) is 18.7. The minimum Gasteiger partial charge on any atom is -0.488 e. The molecule has 0 radical (unpaired) electrons. The van der Waals surface area contributed by atoms with E-state index in [-0.39, 0.29) is 24.3 Å². The summed E-state index contributed by atoms with van der Waals surface area (Å²) in [5, 5.41) is 6.85. The predicted molar refractivity (Wildman–Crippen MR) is 128 cm³/mol. The Hall–Kier alpha value is -3.80. The van der Waals surface area contributed by atoms with Gasteiger partial charge in [-0.2, -0.15) is 0 Å². The quantitative estimate of drug-likeness (QED) is 0.284. The average molecular weight is 432 g/mol. The Morgan fingerprint density at radius 2 is 1.72 bits per heavy atom. The molecule has 166 valence electrons. The van der Waals surface area contributed by atoms with E-state index in [1.807, 2.05) is 73.7 Å². The Labute approximate surface area is 189 Å². The second-order valence-electron chi connectivity index (χ2n) is 7.76. The van der Waals surface area contributed by atoms with E-state index in [0.29, 0.717) is 17.9 Å². The van der Waals surface area contributed by atoms with Crippen molar-refractivity contribution in [2.45, 2.75) is 33.3 Å². The minimum atomic E-state index is -0.300. The number of nitrogens with two attached hydrogens (primary N) is 1. The third-order valence-electron chi connectivity index (χ3n) is 4.95. The van der Waals surface area contributed by atoms with Crippen LogP contribution in [-0.4, -0.2) is 18.3 Å². The highest BCUT2D eigenvalue weighted by molar-refractivity contribution is 5.99. The highest BCUT2D eigenvalue weighted by Crippen LogP contribution is 2.27. The molecule has 0 atom stereocenters. The highest BCUT2D eigenvalue weighted by atomic mass is 16.6. The molecule has 0 saturated carbocycles. The standard InChI is InChI=1S/C26H29N3O3/c1-18(2)21-14-9-10-19(3)25(21)28-24(30)17-32-29-26(27)22-13-7-8-15-23(22)31-16-20-11-5-4-6-12-20/h4-15,18H,16-17H2,1-3H3,(H2,27,29)(H,28,30). The summed E-state index contributed by atoms with van der Waals surface area (Å²) in [7, 11) is 0. The van der Waals surface area contributed by atoms with Gasteiger partial charge in [0.25, 0.3) is 5.91 Å². The SMILES string of the molecule is Cc1cccc(C(C)C)c1NC(=O)CO/N=C(/N)c1ccccc1OCc1ccccc1. The van der Waals surface area contributed by atoms with Gasteiger partial charge in [-0.25, -0.2) is 0 Å². The second-order valence-corrected chi connectivity index (χ2v) is 7.76. The van der Waals surface area contributed by atoms with Gasteiger partial charge in [0.2, 0.25) is 0 Å². The van der Waals surface area contributed by atoms with Crippen LogP contribution in [0.3, 0.4) is 0 Å². The van der Waals surface area contributed by atoms with Crippen LogP contribution < -0.4 is 15.8 Å². The number of oxime groups is 1. The lowest BCUT2D eigenvalue weighted by Crippen LogP contribution is -2.21. The van der Waals surface area contributed by atoms with Crippen molar-refractivity contribution in [1.82, 2.24) is 0 Å². The lowest BCUT2D eigenvalue weighted by Gasteiger charge is -2.16. The average Bonchev–Trinajstić information content (AvgIpc) is 2.79. The fourth-order valence-corrected chi connectivity index (χ4v) is 3.27. The van der Waals surface area contributed by atoms with Gasteiger partial charge in [0, 0.05) is 5.69 Å². The molecule has 0 aliphatic heterocycles. The molecule has 0 fully saturated rings. The molecule has 3 rings (SSSR count). The van der Waals surface area contributed by atoms with Crippen molar-refractivity contribution in [2.24, 2.45) is 10.9 Å². The molecule has 0 spiro atoms. The first-order chi connectivity index (χ1) is 15.5. The van der Waals surface area contributed by atoms with Gasteiger partial charge in [-0.3, -0.25) is 4.79 Å². The molecule has 6 heteroatoms. The van der Waals surface area contributed by atoms with Crippen molar-refractivity contribution in [3.05, 3.63) is 95.1 Å². The number of carbonyl (C=O) groups is 1. The smallest absolute Gasteiger partial charge is 0.265 e. The number of para-hydroxylation sites is 2. The molecule has 0 aliphatic carbocycles. The fourth-order valence-electron chi connectivity index (χ4n) is 3.27. The van der Waals surface area contributed by atoms with Crippen molar-refractivity contribution in [2.75, 3.05) is 11.9 Å². The third-order valence-corrected chi connectivity index (χ3v) is 4.95. The largest absolute Gasteiger partial charge is 0.488 e. The third kappa shape index (κ3) is 6.11. The fraction of sp³-hybridized carbons (Fsp3) is 0.231. The molecule has 3 N–H and O–H groups in total. The van der Waals surface area contributed by atoms with Crippen molar-refractivity contribution in [3.63, 3.8) is 0 Å². The van der Waals surface area contributed by atoms with Crippen LogP contribution in [0.4, 0.5) is 5.69 Å². The lowest BCUT2D eigenvalue weighted by atomic mass is 9.98. The van der Waals surface area contributed by atoms with E-state index in [1.54, 1.807) is 6.07 Å².